The number of ether oxygens (including phenoxy) is 1. The minimum absolute atomic E-state index is 0.0849. The van der Waals surface area contributed by atoms with Crippen LogP contribution in [0, 0.1) is 0 Å². The van der Waals surface area contributed by atoms with Crippen molar-refractivity contribution in [3.05, 3.63) is 33.3 Å². The standard InChI is InChI=1S/C18H22N4O2S/c23-18(17-8-12-4-2-1-3-5-16(12)25-17)21-7-6-15-14(10-21)22-13(11-24-15)9-19-20-22/h8-9,14-15H,1-7,10-11H2/t14-,15-/m1/s1. The quantitative estimate of drug-likeness (QED) is 0.735. The molecule has 2 aromatic rings. The maximum Gasteiger partial charge on any atom is 0.264 e. The van der Waals surface area contributed by atoms with Crippen LogP contribution in [0.1, 0.15) is 57.5 Å². The molecule has 4 heterocycles. The predicted molar refractivity (Wildman–Crippen MR) is 93.7 cm³/mol. The number of thiophene rings is 1. The van der Waals surface area contributed by atoms with Crippen LogP contribution in [-0.2, 0) is 24.2 Å². The Labute approximate surface area is 150 Å². The maximum atomic E-state index is 13.1. The molecule has 1 saturated heterocycles. The highest BCUT2D eigenvalue weighted by Crippen LogP contribution is 2.33. The molecule has 25 heavy (non-hydrogen) atoms. The summed E-state index contributed by atoms with van der Waals surface area (Å²) in [4.78, 5) is 17.4. The molecule has 2 aromatic heterocycles. The van der Waals surface area contributed by atoms with Crippen LogP contribution in [0.3, 0.4) is 0 Å². The number of hydrogen-bond acceptors (Lipinski definition) is 5. The molecule has 0 radical (unpaired) electrons. The maximum absolute atomic E-state index is 13.1. The van der Waals surface area contributed by atoms with Crippen molar-refractivity contribution >= 4 is 17.2 Å². The van der Waals surface area contributed by atoms with Crippen molar-refractivity contribution < 1.29 is 9.53 Å². The third-order valence-corrected chi connectivity index (χ3v) is 6.90. The molecule has 7 heteroatoms. The Balaban J connectivity index is 1.37. The zero-order valence-electron chi connectivity index (χ0n) is 14.2. The van der Waals surface area contributed by atoms with Crippen molar-refractivity contribution in [2.75, 3.05) is 13.1 Å². The zero-order valence-corrected chi connectivity index (χ0v) is 15.0. The summed E-state index contributed by atoms with van der Waals surface area (Å²) in [7, 11) is 0. The normalized spacial score (nSPS) is 25.7. The van der Waals surface area contributed by atoms with Gasteiger partial charge in [-0.2, -0.15) is 0 Å². The fourth-order valence-corrected chi connectivity index (χ4v) is 5.51. The Morgan fingerprint density at radius 3 is 3.16 bits per heavy atom. The molecule has 6 nitrogen and oxygen atoms in total. The number of aryl methyl sites for hydroxylation is 2. The van der Waals surface area contributed by atoms with Crippen LogP contribution in [0.5, 0.6) is 0 Å². The highest BCUT2D eigenvalue weighted by Gasteiger charge is 2.38. The Bertz CT molecular complexity index is 775. The first-order valence-electron chi connectivity index (χ1n) is 9.21. The van der Waals surface area contributed by atoms with E-state index in [1.165, 1.54) is 29.7 Å². The van der Waals surface area contributed by atoms with E-state index in [1.54, 1.807) is 17.5 Å². The second-order valence-electron chi connectivity index (χ2n) is 7.25. The zero-order chi connectivity index (χ0) is 16.8. The number of hydrogen-bond donors (Lipinski definition) is 0. The van der Waals surface area contributed by atoms with Crippen LogP contribution in [0.4, 0.5) is 0 Å². The molecule has 0 unspecified atom stereocenters. The lowest BCUT2D eigenvalue weighted by Crippen LogP contribution is -2.49. The highest BCUT2D eigenvalue weighted by molar-refractivity contribution is 7.14. The van der Waals surface area contributed by atoms with Gasteiger partial charge >= 0.3 is 0 Å². The van der Waals surface area contributed by atoms with Gasteiger partial charge in [0, 0.05) is 18.0 Å². The van der Waals surface area contributed by atoms with Gasteiger partial charge in [0.15, 0.2) is 0 Å². The summed E-state index contributed by atoms with van der Waals surface area (Å²) in [5.74, 6) is 0.170. The summed E-state index contributed by atoms with van der Waals surface area (Å²) in [5.41, 5.74) is 2.40. The second kappa shape index (κ2) is 6.21. The molecule has 0 bridgehead atoms. The molecule has 0 saturated carbocycles. The van der Waals surface area contributed by atoms with Crippen molar-refractivity contribution in [1.29, 1.82) is 0 Å². The fourth-order valence-electron chi connectivity index (χ4n) is 4.29. The van der Waals surface area contributed by atoms with E-state index < -0.39 is 0 Å². The van der Waals surface area contributed by atoms with Crippen LogP contribution in [0.15, 0.2) is 12.3 Å². The van der Waals surface area contributed by atoms with Crippen molar-refractivity contribution in [1.82, 2.24) is 19.9 Å². The molecule has 1 amide bonds. The van der Waals surface area contributed by atoms with E-state index in [1.807, 2.05) is 9.58 Å². The number of rotatable bonds is 1. The van der Waals surface area contributed by atoms with Gasteiger partial charge in [0.25, 0.3) is 5.91 Å². The number of likely N-dealkylation sites (tertiary alicyclic amines) is 1. The third-order valence-electron chi connectivity index (χ3n) is 5.67. The Hall–Kier alpha value is -1.73. The Kier molecular flexibility index (Phi) is 3.86. The highest BCUT2D eigenvalue weighted by atomic mass is 32.1. The topological polar surface area (TPSA) is 60.3 Å². The Morgan fingerprint density at radius 2 is 2.20 bits per heavy atom. The van der Waals surface area contributed by atoms with E-state index in [9.17, 15) is 4.79 Å². The lowest BCUT2D eigenvalue weighted by Gasteiger charge is -2.40. The van der Waals surface area contributed by atoms with E-state index in [4.69, 9.17) is 4.74 Å². The summed E-state index contributed by atoms with van der Waals surface area (Å²) < 4.78 is 7.90. The molecule has 2 atom stereocenters. The molecule has 132 valence electrons. The van der Waals surface area contributed by atoms with Crippen LogP contribution >= 0.6 is 11.3 Å². The van der Waals surface area contributed by atoms with Gasteiger partial charge in [-0.25, -0.2) is 4.68 Å². The van der Waals surface area contributed by atoms with Gasteiger partial charge in [-0.15, -0.1) is 16.4 Å². The fraction of sp³-hybridized carbons (Fsp3) is 0.611. The van der Waals surface area contributed by atoms with Crippen LogP contribution < -0.4 is 0 Å². The van der Waals surface area contributed by atoms with E-state index in [0.29, 0.717) is 13.2 Å². The number of nitrogens with zero attached hydrogens (tertiary/aromatic N) is 4. The molecule has 0 aromatic carbocycles. The molecule has 3 aliphatic rings. The minimum atomic E-state index is 0.0849. The monoisotopic (exact) mass is 358 g/mol. The van der Waals surface area contributed by atoms with E-state index >= 15 is 0 Å². The first kappa shape index (κ1) is 15.5. The van der Waals surface area contributed by atoms with Gasteiger partial charge in [0.2, 0.25) is 0 Å². The van der Waals surface area contributed by atoms with Crippen molar-refractivity contribution in [3.63, 3.8) is 0 Å². The third kappa shape index (κ3) is 2.69. The molecule has 5 rings (SSSR count). The van der Waals surface area contributed by atoms with Crippen LogP contribution in [-0.4, -0.2) is 45.0 Å². The number of carbonyl (C=O) groups is 1. The van der Waals surface area contributed by atoms with Gasteiger partial charge in [0.1, 0.15) is 0 Å². The van der Waals surface area contributed by atoms with Crippen molar-refractivity contribution in [2.24, 2.45) is 0 Å². The summed E-state index contributed by atoms with van der Waals surface area (Å²) in [6.07, 6.45) is 8.82. The number of piperidine rings is 1. The number of aromatic nitrogens is 3. The number of fused-ring (bicyclic) bond motifs is 4. The molecule has 0 N–H and O–H groups in total. The van der Waals surface area contributed by atoms with E-state index in [2.05, 4.69) is 16.4 Å². The first-order chi connectivity index (χ1) is 12.3. The van der Waals surface area contributed by atoms with E-state index in [0.717, 1.165) is 36.4 Å². The largest absolute Gasteiger partial charge is 0.370 e. The average Bonchev–Trinajstić information content (AvgIpc) is 3.23. The minimum Gasteiger partial charge on any atom is -0.370 e. The molecule has 0 spiro atoms. The van der Waals surface area contributed by atoms with Crippen molar-refractivity contribution in [3.8, 4) is 0 Å². The average molecular weight is 358 g/mol. The van der Waals surface area contributed by atoms with Gasteiger partial charge in [0.05, 0.1) is 35.5 Å². The smallest absolute Gasteiger partial charge is 0.264 e. The van der Waals surface area contributed by atoms with Gasteiger partial charge in [-0.3, -0.25) is 4.79 Å². The van der Waals surface area contributed by atoms with Gasteiger partial charge < -0.3 is 9.64 Å². The van der Waals surface area contributed by atoms with Gasteiger partial charge in [-0.1, -0.05) is 11.6 Å². The lowest BCUT2D eigenvalue weighted by atomic mass is 10.00. The van der Waals surface area contributed by atoms with E-state index in [-0.39, 0.29) is 18.1 Å². The molecular formula is C18H22N4O2S. The molecule has 1 aliphatic carbocycles. The second-order valence-corrected chi connectivity index (χ2v) is 8.38. The SMILES string of the molecule is O=C(c1cc2c(s1)CCCCC2)N1CC[C@H]2OCc3cnnn3[C@@H]2C1. The summed E-state index contributed by atoms with van der Waals surface area (Å²) in [6.45, 7) is 1.98. The predicted octanol–water partition coefficient (Wildman–Crippen LogP) is 2.59. The van der Waals surface area contributed by atoms with Gasteiger partial charge in [-0.05, 0) is 43.7 Å². The molecule has 1 fully saturated rings. The van der Waals surface area contributed by atoms with Crippen LogP contribution in [0.2, 0.25) is 0 Å². The van der Waals surface area contributed by atoms with Crippen molar-refractivity contribution in [2.45, 2.75) is 57.3 Å². The Morgan fingerprint density at radius 1 is 1.28 bits per heavy atom. The van der Waals surface area contributed by atoms with Crippen LogP contribution in [0.25, 0.3) is 0 Å². The number of carbonyl (C=O) groups excluding carboxylic acids is 1. The summed E-state index contributed by atoms with van der Waals surface area (Å²) >= 11 is 1.71. The first-order valence-corrected chi connectivity index (χ1v) is 10.0. The number of amides is 1. The lowest BCUT2D eigenvalue weighted by molar-refractivity contribution is -0.0604. The summed E-state index contributed by atoms with van der Waals surface area (Å²) in [5, 5.41) is 8.23. The summed E-state index contributed by atoms with van der Waals surface area (Å²) in [6, 6.07) is 2.24. The molecule has 2 aliphatic heterocycles. The molecular weight excluding hydrogens is 336 g/mol.